The van der Waals surface area contributed by atoms with E-state index in [1.165, 1.54) is 6.07 Å². The Bertz CT molecular complexity index is 980. The average molecular weight is 345 g/mol. The van der Waals surface area contributed by atoms with Crippen molar-refractivity contribution in [2.45, 2.75) is 13.0 Å². The summed E-state index contributed by atoms with van der Waals surface area (Å²) in [6.07, 6.45) is 0. The van der Waals surface area contributed by atoms with Crippen molar-refractivity contribution in [2.75, 3.05) is 0 Å². The van der Waals surface area contributed by atoms with E-state index in [1.807, 2.05) is 0 Å². The smallest absolute Gasteiger partial charge is 0.331 e. The topological polar surface area (TPSA) is 79.5 Å². The number of aliphatic carboxylic acids is 1. The second-order valence-electron chi connectivity index (χ2n) is 5.52. The number of nitrogens with one attached hydrogen (secondary N) is 1. The lowest BCUT2D eigenvalue weighted by Crippen LogP contribution is -2.34. The van der Waals surface area contributed by atoms with E-state index in [0.717, 1.165) is 12.1 Å². The molecule has 1 unspecified atom stereocenters. The van der Waals surface area contributed by atoms with Gasteiger partial charge in [-0.25, -0.2) is 13.6 Å². The first-order chi connectivity index (χ1) is 11.8. The van der Waals surface area contributed by atoms with Crippen molar-refractivity contribution >= 4 is 22.8 Å². The second kappa shape index (κ2) is 6.35. The molecule has 0 spiro atoms. The lowest BCUT2D eigenvalue weighted by molar-refractivity contribution is -0.139. The van der Waals surface area contributed by atoms with E-state index in [1.54, 1.807) is 25.1 Å². The number of amides is 1. The molecule has 0 radical (unpaired) electrons. The van der Waals surface area contributed by atoms with Gasteiger partial charge in [-0.1, -0.05) is 6.07 Å². The third-order valence-corrected chi connectivity index (χ3v) is 3.70. The number of furan rings is 1. The number of aryl methyl sites for hydroxylation is 1. The van der Waals surface area contributed by atoms with E-state index in [9.17, 15) is 23.5 Å². The molecule has 1 atom stereocenters. The van der Waals surface area contributed by atoms with Crippen molar-refractivity contribution in [3.05, 3.63) is 71.0 Å². The number of fused-ring (bicyclic) bond motifs is 1. The molecule has 7 heteroatoms. The van der Waals surface area contributed by atoms with Gasteiger partial charge in [-0.15, -0.1) is 0 Å². The van der Waals surface area contributed by atoms with Crippen LogP contribution in [0.25, 0.3) is 11.0 Å². The summed E-state index contributed by atoms with van der Waals surface area (Å²) in [4.78, 5) is 23.8. The average Bonchev–Trinajstić information content (AvgIpc) is 2.91. The maximum Gasteiger partial charge on any atom is 0.331 e. The van der Waals surface area contributed by atoms with Gasteiger partial charge in [0, 0.05) is 22.6 Å². The quantitative estimate of drug-likeness (QED) is 0.757. The first kappa shape index (κ1) is 16.6. The van der Waals surface area contributed by atoms with Gasteiger partial charge in [0.25, 0.3) is 5.91 Å². The van der Waals surface area contributed by atoms with Gasteiger partial charge >= 0.3 is 5.97 Å². The maximum absolute atomic E-state index is 13.9. The molecule has 2 aromatic carbocycles. The van der Waals surface area contributed by atoms with E-state index < -0.39 is 29.6 Å². The Hall–Kier alpha value is -3.22. The van der Waals surface area contributed by atoms with E-state index >= 15 is 0 Å². The van der Waals surface area contributed by atoms with Gasteiger partial charge < -0.3 is 14.8 Å². The predicted octanol–water partition coefficient (Wildman–Crippen LogP) is 3.58. The predicted molar refractivity (Wildman–Crippen MR) is 85.2 cm³/mol. The zero-order valence-corrected chi connectivity index (χ0v) is 13.0. The van der Waals surface area contributed by atoms with E-state index in [-0.39, 0.29) is 11.1 Å². The number of carbonyl (C=O) groups is 2. The first-order valence-electron chi connectivity index (χ1n) is 7.34. The molecule has 0 aliphatic rings. The Morgan fingerprint density at radius 2 is 1.88 bits per heavy atom. The number of hydrogen-bond donors (Lipinski definition) is 2. The van der Waals surface area contributed by atoms with Crippen molar-refractivity contribution in [1.29, 1.82) is 0 Å². The van der Waals surface area contributed by atoms with Crippen molar-refractivity contribution in [3.8, 4) is 0 Å². The van der Waals surface area contributed by atoms with Crippen LogP contribution in [0.5, 0.6) is 0 Å². The molecule has 1 heterocycles. The minimum atomic E-state index is -1.64. The Balaban J connectivity index is 1.90. The Morgan fingerprint density at radius 1 is 1.12 bits per heavy atom. The summed E-state index contributed by atoms with van der Waals surface area (Å²) in [5.74, 6) is -3.37. The molecule has 5 nitrogen and oxygen atoms in total. The van der Waals surface area contributed by atoms with Crippen molar-refractivity contribution in [1.82, 2.24) is 5.32 Å². The molecule has 0 aliphatic heterocycles. The Morgan fingerprint density at radius 3 is 2.56 bits per heavy atom. The van der Waals surface area contributed by atoms with Gasteiger partial charge in [0.05, 0.1) is 0 Å². The summed E-state index contributed by atoms with van der Waals surface area (Å²) >= 11 is 0. The van der Waals surface area contributed by atoms with E-state index in [0.29, 0.717) is 22.8 Å². The first-order valence-corrected chi connectivity index (χ1v) is 7.34. The minimum absolute atomic E-state index is 0.196. The lowest BCUT2D eigenvalue weighted by atomic mass is 10.0. The van der Waals surface area contributed by atoms with Gasteiger partial charge in [-0.05, 0) is 37.3 Å². The molecule has 128 valence electrons. The van der Waals surface area contributed by atoms with Crippen LogP contribution in [0.2, 0.25) is 0 Å². The number of halogens is 2. The molecular weight excluding hydrogens is 332 g/mol. The number of hydrogen-bond acceptors (Lipinski definition) is 3. The lowest BCUT2D eigenvalue weighted by Gasteiger charge is -2.15. The van der Waals surface area contributed by atoms with Crippen LogP contribution >= 0.6 is 0 Å². The van der Waals surface area contributed by atoms with E-state index in [4.69, 9.17) is 4.42 Å². The summed E-state index contributed by atoms with van der Waals surface area (Å²) in [5, 5.41) is 12.2. The number of carboxylic acids is 1. The van der Waals surface area contributed by atoms with Crippen LogP contribution in [0.4, 0.5) is 8.78 Å². The summed E-state index contributed by atoms with van der Waals surface area (Å²) in [7, 11) is 0. The molecule has 25 heavy (non-hydrogen) atoms. The number of carboxylic acid groups (broad SMARTS) is 1. The highest BCUT2D eigenvalue weighted by atomic mass is 19.1. The Labute approximate surface area is 140 Å². The van der Waals surface area contributed by atoms with Crippen LogP contribution in [-0.4, -0.2) is 17.0 Å². The largest absolute Gasteiger partial charge is 0.479 e. The van der Waals surface area contributed by atoms with Crippen LogP contribution in [0.1, 0.15) is 27.7 Å². The van der Waals surface area contributed by atoms with Gasteiger partial charge in [0.1, 0.15) is 23.0 Å². The number of benzene rings is 2. The van der Waals surface area contributed by atoms with Gasteiger partial charge in [0.2, 0.25) is 0 Å². The van der Waals surface area contributed by atoms with Gasteiger partial charge in [-0.2, -0.15) is 0 Å². The van der Waals surface area contributed by atoms with Crippen LogP contribution in [0, 0.1) is 18.6 Å². The monoisotopic (exact) mass is 345 g/mol. The highest BCUT2D eigenvalue weighted by Crippen LogP contribution is 2.22. The van der Waals surface area contributed by atoms with Crippen molar-refractivity contribution < 1.29 is 27.9 Å². The molecule has 0 fully saturated rings. The summed E-state index contributed by atoms with van der Waals surface area (Å²) in [6, 6.07) is 7.19. The van der Waals surface area contributed by atoms with Crippen LogP contribution in [0.15, 0.2) is 46.9 Å². The molecule has 3 aromatic rings. The van der Waals surface area contributed by atoms with Crippen LogP contribution < -0.4 is 5.32 Å². The second-order valence-corrected chi connectivity index (χ2v) is 5.52. The molecule has 2 N–H and O–H groups in total. The molecule has 1 aromatic heterocycles. The molecule has 0 aliphatic carbocycles. The summed E-state index contributed by atoms with van der Waals surface area (Å²) in [6.45, 7) is 1.76. The molecule has 0 saturated heterocycles. The SMILES string of the molecule is Cc1cc2cc(C(=O)NC(C(=O)O)c3ccc(F)cc3F)ccc2o1. The zero-order valence-electron chi connectivity index (χ0n) is 13.0. The summed E-state index contributed by atoms with van der Waals surface area (Å²) < 4.78 is 32.3. The number of carbonyl (C=O) groups excluding carboxylic acids is 1. The van der Waals surface area contributed by atoms with Crippen molar-refractivity contribution in [2.24, 2.45) is 0 Å². The fourth-order valence-electron chi connectivity index (χ4n) is 2.54. The summed E-state index contributed by atoms with van der Waals surface area (Å²) in [5.41, 5.74) is 0.456. The highest BCUT2D eigenvalue weighted by molar-refractivity contribution is 5.99. The number of rotatable bonds is 4. The van der Waals surface area contributed by atoms with Gasteiger partial charge in [0.15, 0.2) is 6.04 Å². The minimum Gasteiger partial charge on any atom is -0.479 e. The molecule has 0 saturated carbocycles. The molecule has 0 bridgehead atoms. The highest BCUT2D eigenvalue weighted by Gasteiger charge is 2.26. The van der Waals surface area contributed by atoms with Crippen molar-refractivity contribution in [3.63, 3.8) is 0 Å². The third kappa shape index (κ3) is 3.35. The van der Waals surface area contributed by atoms with E-state index in [2.05, 4.69) is 5.32 Å². The molecule has 1 amide bonds. The maximum atomic E-state index is 13.9. The van der Waals surface area contributed by atoms with Crippen LogP contribution in [0.3, 0.4) is 0 Å². The Kier molecular flexibility index (Phi) is 4.22. The normalized spacial score (nSPS) is 12.1. The van der Waals surface area contributed by atoms with Crippen LogP contribution in [-0.2, 0) is 4.79 Å². The molecule has 3 rings (SSSR count). The molecular formula is C18H13F2NO4. The third-order valence-electron chi connectivity index (χ3n) is 3.70. The van der Waals surface area contributed by atoms with Gasteiger partial charge in [-0.3, -0.25) is 4.79 Å². The fourth-order valence-corrected chi connectivity index (χ4v) is 2.54. The standard InChI is InChI=1S/C18H13F2NO4/c1-9-6-11-7-10(2-5-15(11)25-9)17(22)21-16(18(23)24)13-4-3-12(19)8-14(13)20/h2-8,16H,1H3,(H,21,22)(H,23,24). The zero-order chi connectivity index (χ0) is 18.1. The fraction of sp³-hybridized carbons (Fsp3) is 0.111.